The number of benzene rings is 1. The van der Waals surface area contributed by atoms with Crippen LogP contribution < -0.4 is 5.32 Å². The van der Waals surface area contributed by atoms with E-state index in [-0.39, 0.29) is 19.1 Å². The molecule has 0 aliphatic rings. The molecular formula is C15H19N3O2. The van der Waals surface area contributed by atoms with Gasteiger partial charge >= 0.3 is 0 Å². The molecule has 2 N–H and O–H groups in total. The fourth-order valence-electron chi connectivity index (χ4n) is 2.07. The number of carbonyl (C=O) groups excluding carboxylic acids is 1. The van der Waals surface area contributed by atoms with Gasteiger partial charge in [0.1, 0.15) is 6.54 Å². The number of aromatic nitrogens is 2. The average molecular weight is 273 g/mol. The lowest BCUT2D eigenvalue weighted by atomic mass is 10.1. The zero-order valence-corrected chi connectivity index (χ0v) is 11.8. The molecule has 0 fully saturated rings. The summed E-state index contributed by atoms with van der Waals surface area (Å²) >= 11 is 0. The number of aryl methyl sites for hydroxylation is 2. The summed E-state index contributed by atoms with van der Waals surface area (Å²) in [7, 11) is 0. The molecule has 0 radical (unpaired) electrons. The third-order valence-corrected chi connectivity index (χ3v) is 3.06. The lowest BCUT2D eigenvalue weighted by Crippen LogP contribution is -2.28. The maximum absolute atomic E-state index is 11.9. The molecule has 0 atom stereocenters. The normalized spacial score (nSPS) is 10.6. The van der Waals surface area contributed by atoms with Gasteiger partial charge < -0.3 is 10.4 Å². The Morgan fingerprint density at radius 1 is 1.30 bits per heavy atom. The Bertz CT molecular complexity index is 605. The minimum atomic E-state index is -0.0781. The first-order valence-corrected chi connectivity index (χ1v) is 6.55. The summed E-state index contributed by atoms with van der Waals surface area (Å²) in [4.78, 5) is 11.9. The van der Waals surface area contributed by atoms with E-state index in [1.165, 1.54) is 0 Å². The SMILES string of the molecule is Cc1cc(C)n(CC(=O)NCc2cccc(CO)c2)n1. The molecule has 5 heteroatoms. The summed E-state index contributed by atoms with van der Waals surface area (Å²) in [5, 5.41) is 16.2. The van der Waals surface area contributed by atoms with Crippen molar-refractivity contribution in [2.45, 2.75) is 33.5 Å². The highest BCUT2D eigenvalue weighted by Crippen LogP contribution is 2.05. The summed E-state index contributed by atoms with van der Waals surface area (Å²) < 4.78 is 1.69. The standard InChI is InChI=1S/C15H19N3O2/c1-11-6-12(2)18(17-11)9-15(20)16-8-13-4-3-5-14(7-13)10-19/h3-7,19H,8-10H2,1-2H3,(H,16,20). The van der Waals surface area contributed by atoms with Crippen LogP contribution in [0.15, 0.2) is 30.3 Å². The van der Waals surface area contributed by atoms with Gasteiger partial charge in [0.15, 0.2) is 0 Å². The molecule has 0 saturated heterocycles. The number of nitrogens with zero attached hydrogens (tertiary/aromatic N) is 2. The number of aliphatic hydroxyl groups excluding tert-OH is 1. The Kier molecular flexibility index (Phi) is 4.53. The predicted molar refractivity (Wildman–Crippen MR) is 75.9 cm³/mol. The van der Waals surface area contributed by atoms with Crippen molar-refractivity contribution in [3.05, 3.63) is 52.8 Å². The van der Waals surface area contributed by atoms with Crippen LogP contribution in [0.1, 0.15) is 22.5 Å². The van der Waals surface area contributed by atoms with Gasteiger partial charge in [-0.15, -0.1) is 0 Å². The number of nitrogens with one attached hydrogen (secondary N) is 1. The van der Waals surface area contributed by atoms with Crippen molar-refractivity contribution in [1.82, 2.24) is 15.1 Å². The molecule has 0 bridgehead atoms. The van der Waals surface area contributed by atoms with Gasteiger partial charge in [-0.1, -0.05) is 24.3 Å². The zero-order valence-electron chi connectivity index (χ0n) is 11.8. The van der Waals surface area contributed by atoms with Gasteiger partial charge in [0.05, 0.1) is 12.3 Å². The molecule has 5 nitrogen and oxygen atoms in total. The molecule has 0 saturated carbocycles. The molecule has 2 aromatic rings. The second kappa shape index (κ2) is 6.34. The van der Waals surface area contributed by atoms with E-state index < -0.39 is 0 Å². The van der Waals surface area contributed by atoms with Crippen LogP contribution in [-0.4, -0.2) is 20.8 Å². The van der Waals surface area contributed by atoms with Gasteiger partial charge in [0.25, 0.3) is 0 Å². The summed E-state index contributed by atoms with van der Waals surface area (Å²) in [5.41, 5.74) is 3.69. The molecule has 1 aromatic carbocycles. The largest absolute Gasteiger partial charge is 0.392 e. The van der Waals surface area contributed by atoms with E-state index >= 15 is 0 Å². The van der Waals surface area contributed by atoms with Gasteiger partial charge in [-0.3, -0.25) is 9.48 Å². The Labute approximate surface area is 118 Å². The highest BCUT2D eigenvalue weighted by Gasteiger charge is 2.06. The van der Waals surface area contributed by atoms with Crippen LogP contribution in [0.2, 0.25) is 0 Å². The second-order valence-electron chi connectivity index (χ2n) is 4.84. The first-order chi connectivity index (χ1) is 9.58. The molecule has 0 aliphatic carbocycles. The van der Waals surface area contributed by atoms with Crippen LogP contribution in [0.4, 0.5) is 0 Å². The van der Waals surface area contributed by atoms with Crippen molar-refractivity contribution in [2.24, 2.45) is 0 Å². The van der Waals surface area contributed by atoms with Crippen LogP contribution in [0.3, 0.4) is 0 Å². The van der Waals surface area contributed by atoms with Gasteiger partial charge in [0.2, 0.25) is 5.91 Å². The highest BCUT2D eigenvalue weighted by molar-refractivity contribution is 5.75. The van der Waals surface area contributed by atoms with Gasteiger partial charge in [0, 0.05) is 12.2 Å². The Hall–Kier alpha value is -2.14. The van der Waals surface area contributed by atoms with E-state index in [1.54, 1.807) is 4.68 Å². The molecule has 1 heterocycles. The Morgan fingerprint density at radius 3 is 2.70 bits per heavy atom. The van der Waals surface area contributed by atoms with Crippen molar-refractivity contribution in [3.63, 3.8) is 0 Å². The van der Waals surface area contributed by atoms with Crippen LogP contribution in [0, 0.1) is 13.8 Å². The van der Waals surface area contributed by atoms with E-state index in [0.717, 1.165) is 22.5 Å². The van der Waals surface area contributed by atoms with Crippen LogP contribution in [-0.2, 0) is 24.5 Å². The lowest BCUT2D eigenvalue weighted by molar-refractivity contribution is -0.122. The first kappa shape index (κ1) is 14.3. The van der Waals surface area contributed by atoms with E-state index in [4.69, 9.17) is 5.11 Å². The minimum absolute atomic E-state index is 0.00749. The fourth-order valence-corrected chi connectivity index (χ4v) is 2.07. The van der Waals surface area contributed by atoms with Gasteiger partial charge in [-0.05, 0) is 31.0 Å². The number of hydrogen-bond acceptors (Lipinski definition) is 3. The zero-order chi connectivity index (χ0) is 14.5. The second-order valence-corrected chi connectivity index (χ2v) is 4.84. The molecular weight excluding hydrogens is 254 g/mol. The molecule has 1 amide bonds. The number of aliphatic hydroxyl groups is 1. The maximum Gasteiger partial charge on any atom is 0.242 e. The number of rotatable bonds is 5. The number of carbonyl (C=O) groups is 1. The molecule has 106 valence electrons. The molecule has 20 heavy (non-hydrogen) atoms. The lowest BCUT2D eigenvalue weighted by Gasteiger charge is -2.07. The summed E-state index contributed by atoms with van der Waals surface area (Å²) in [6, 6.07) is 9.46. The first-order valence-electron chi connectivity index (χ1n) is 6.55. The van der Waals surface area contributed by atoms with Gasteiger partial charge in [-0.25, -0.2) is 0 Å². The van der Waals surface area contributed by atoms with Crippen molar-refractivity contribution in [2.75, 3.05) is 0 Å². The molecule has 1 aromatic heterocycles. The predicted octanol–water partition coefficient (Wildman–Crippen LogP) is 1.31. The topological polar surface area (TPSA) is 67.2 Å². The molecule has 0 spiro atoms. The highest BCUT2D eigenvalue weighted by atomic mass is 16.3. The van der Waals surface area contributed by atoms with E-state index in [1.807, 2.05) is 44.2 Å². The van der Waals surface area contributed by atoms with E-state index in [2.05, 4.69) is 10.4 Å². The van der Waals surface area contributed by atoms with Crippen molar-refractivity contribution in [1.29, 1.82) is 0 Å². The third-order valence-electron chi connectivity index (χ3n) is 3.06. The fraction of sp³-hybridized carbons (Fsp3) is 0.333. The molecule has 2 rings (SSSR count). The van der Waals surface area contributed by atoms with E-state index in [9.17, 15) is 4.79 Å². The minimum Gasteiger partial charge on any atom is -0.392 e. The Balaban J connectivity index is 1.90. The smallest absolute Gasteiger partial charge is 0.242 e. The van der Waals surface area contributed by atoms with Crippen molar-refractivity contribution < 1.29 is 9.90 Å². The summed E-state index contributed by atoms with van der Waals surface area (Å²) in [5.74, 6) is -0.0781. The van der Waals surface area contributed by atoms with Crippen LogP contribution >= 0.6 is 0 Å². The maximum atomic E-state index is 11.9. The molecule has 0 unspecified atom stereocenters. The quantitative estimate of drug-likeness (QED) is 0.863. The molecule has 0 aliphatic heterocycles. The summed E-state index contributed by atoms with van der Waals surface area (Å²) in [6.07, 6.45) is 0. The number of hydrogen-bond donors (Lipinski definition) is 2. The van der Waals surface area contributed by atoms with Gasteiger partial charge in [-0.2, -0.15) is 5.10 Å². The average Bonchev–Trinajstić information content (AvgIpc) is 2.75. The van der Waals surface area contributed by atoms with Crippen LogP contribution in [0.25, 0.3) is 0 Å². The monoisotopic (exact) mass is 273 g/mol. The Morgan fingerprint density at radius 2 is 2.05 bits per heavy atom. The van der Waals surface area contributed by atoms with Crippen molar-refractivity contribution in [3.8, 4) is 0 Å². The third kappa shape index (κ3) is 3.68. The summed E-state index contributed by atoms with van der Waals surface area (Å²) in [6.45, 7) is 4.51. The van der Waals surface area contributed by atoms with Crippen LogP contribution in [0.5, 0.6) is 0 Å². The number of amides is 1. The van der Waals surface area contributed by atoms with Crippen molar-refractivity contribution >= 4 is 5.91 Å². The van der Waals surface area contributed by atoms with E-state index in [0.29, 0.717) is 6.54 Å².